The number of rotatable bonds is 4. The summed E-state index contributed by atoms with van der Waals surface area (Å²) < 4.78 is 0. The van der Waals surface area contributed by atoms with Gasteiger partial charge in [-0.3, -0.25) is 0 Å². The largest absolute Gasteiger partial charge is 0.354 e. The van der Waals surface area contributed by atoms with Crippen molar-refractivity contribution in [1.29, 1.82) is 0 Å². The first-order valence-corrected chi connectivity index (χ1v) is 8.02. The monoisotopic (exact) mass is 349 g/mol. The summed E-state index contributed by atoms with van der Waals surface area (Å²) in [5.74, 6) is 0. The third-order valence-electron chi connectivity index (χ3n) is 3.63. The van der Waals surface area contributed by atoms with Crippen LogP contribution in [0.1, 0.15) is 11.3 Å². The number of halogens is 1. The number of benzene rings is 2. The van der Waals surface area contributed by atoms with E-state index in [0.717, 1.165) is 17.0 Å². The summed E-state index contributed by atoms with van der Waals surface area (Å²) in [5.41, 5.74) is 6.81. The van der Waals surface area contributed by atoms with Crippen molar-refractivity contribution in [2.24, 2.45) is 0 Å². The minimum atomic E-state index is 1.02. The lowest BCUT2D eigenvalue weighted by molar-refractivity contribution is 1.37. The van der Waals surface area contributed by atoms with Crippen molar-refractivity contribution in [2.75, 3.05) is 0 Å². The highest BCUT2D eigenvalue weighted by Crippen LogP contribution is 2.38. The molecule has 0 amide bonds. The van der Waals surface area contributed by atoms with Crippen molar-refractivity contribution in [2.45, 2.75) is 0 Å². The molecule has 2 aromatic carbocycles. The van der Waals surface area contributed by atoms with Gasteiger partial charge >= 0.3 is 0 Å². The maximum Gasteiger partial charge on any atom is 0.0544 e. The van der Waals surface area contributed by atoms with Crippen LogP contribution in [0, 0.1) is 0 Å². The smallest absolute Gasteiger partial charge is 0.0544 e. The van der Waals surface area contributed by atoms with Crippen LogP contribution in [0.15, 0.2) is 72.2 Å². The highest BCUT2D eigenvalue weighted by molar-refractivity contribution is 9.11. The van der Waals surface area contributed by atoms with Gasteiger partial charge in [-0.1, -0.05) is 83.2 Å². The summed E-state index contributed by atoms with van der Waals surface area (Å²) in [6, 6.07) is 20.8. The Hall–Kier alpha value is -2.32. The fourth-order valence-corrected chi connectivity index (χ4v) is 2.92. The molecule has 0 saturated heterocycles. The molecule has 0 bridgehead atoms. The van der Waals surface area contributed by atoms with Crippen LogP contribution in [0.2, 0.25) is 0 Å². The second-order valence-corrected chi connectivity index (χ2v) is 5.46. The first-order chi connectivity index (χ1) is 10.8. The highest BCUT2D eigenvalue weighted by atomic mass is 79.9. The Balaban J connectivity index is 2.33. The zero-order chi connectivity index (χ0) is 15.4. The van der Waals surface area contributed by atoms with Crippen molar-refractivity contribution in [3.05, 3.63) is 83.5 Å². The Labute approximate surface area is 139 Å². The molecule has 0 saturated carbocycles. The van der Waals surface area contributed by atoms with E-state index in [-0.39, 0.29) is 0 Å². The summed E-state index contributed by atoms with van der Waals surface area (Å²) in [7, 11) is 0. The molecule has 0 aliphatic heterocycles. The summed E-state index contributed by atoms with van der Waals surface area (Å²) in [6.07, 6.45) is 3.92. The fourth-order valence-electron chi connectivity index (χ4n) is 2.66. The standard InChI is InChI=1S/C20H16BrN/c1-2-18-17(13-14-21)19(15-9-5-3-6-10-15)20(22-18)16-11-7-4-8-12-16/h2-14,22H,1H2/b14-13+. The molecular weight excluding hydrogens is 334 g/mol. The van der Waals surface area contributed by atoms with Crippen LogP contribution in [-0.2, 0) is 0 Å². The molecule has 1 N–H and O–H groups in total. The lowest BCUT2D eigenvalue weighted by atomic mass is 9.97. The Morgan fingerprint density at radius 2 is 1.45 bits per heavy atom. The van der Waals surface area contributed by atoms with Gasteiger partial charge in [0.05, 0.1) is 5.69 Å². The van der Waals surface area contributed by atoms with Crippen LogP contribution >= 0.6 is 15.9 Å². The van der Waals surface area contributed by atoms with Crippen LogP contribution in [0.4, 0.5) is 0 Å². The van der Waals surface area contributed by atoms with Crippen LogP contribution in [0.3, 0.4) is 0 Å². The molecule has 3 aromatic rings. The normalized spacial score (nSPS) is 11.0. The van der Waals surface area contributed by atoms with Gasteiger partial charge in [0.15, 0.2) is 0 Å². The Morgan fingerprint density at radius 3 is 2.00 bits per heavy atom. The molecule has 0 unspecified atom stereocenters. The molecule has 0 radical (unpaired) electrons. The second-order valence-electron chi connectivity index (χ2n) is 4.93. The van der Waals surface area contributed by atoms with Gasteiger partial charge in [0.1, 0.15) is 0 Å². The fraction of sp³-hybridized carbons (Fsp3) is 0. The van der Waals surface area contributed by atoms with Gasteiger partial charge < -0.3 is 4.98 Å². The number of aromatic amines is 1. The molecule has 3 rings (SSSR count). The van der Waals surface area contributed by atoms with Crippen molar-refractivity contribution in [3.8, 4) is 22.4 Å². The van der Waals surface area contributed by atoms with Gasteiger partial charge in [-0.05, 0) is 28.3 Å². The zero-order valence-electron chi connectivity index (χ0n) is 12.1. The molecule has 1 heterocycles. The van der Waals surface area contributed by atoms with Gasteiger partial charge in [0, 0.05) is 16.8 Å². The molecule has 0 fully saturated rings. The molecule has 2 heteroatoms. The molecule has 22 heavy (non-hydrogen) atoms. The van der Waals surface area contributed by atoms with Crippen molar-refractivity contribution in [3.63, 3.8) is 0 Å². The van der Waals surface area contributed by atoms with Gasteiger partial charge in [-0.25, -0.2) is 0 Å². The third kappa shape index (κ3) is 2.70. The Morgan fingerprint density at radius 1 is 0.864 bits per heavy atom. The van der Waals surface area contributed by atoms with E-state index in [1.807, 2.05) is 23.2 Å². The molecule has 0 aliphatic rings. The SMILES string of the molecule is C=Cc1[nH]c(-c2ccccc2)c(-c2ccccc2)c1/C=C/Br. The first kappa shape index (κ1) is 14.6. The van der Waals surface area contributed by atoms with Crippen LogP contribution in [-0.4, -0.2) is 4.98 Å². The zero-order valence-corrected chi connectivity index (χ0v) is 13.7. The van der Waals surface area contributed by atoms with Crippen molar-refractivity contribution < 1.29 is 0 Å². The van der Waals surface area contributed by atoms with Gasteiger partial charge in [-0.2, -0.15) is 0 Å². The summed E-state index contributed by atoms with van der Waals surface area (Å²) in [6.45, 7) is 3.94. The lowest BCUT2D eigenvalue weighted by Gasteiger charge is -2.06. The maximum absolute atomic E-state index is 3.94. The second kappa shape index (κ2) is 6.63. The van der Waals surface area contributed by atoms with E-state index in [9.17, 15) is 0 Å². The molecule has 0 aliphatic carbocycles. The van der Waals surface area contributed by atoms with Crippen LogP contribution < -0.4 is 0 Å². The Bertz CT molecular complexity index is 798. The molecule has 0 atom stereocenters. The number of hydrogen-bond donors (Lipinski definition) is 1. The minimum absolute atomic E-state index is 1.02. The van der Waals surface area contributed by atoms with Crippen molar-refractivity contribution >= 4 is 28.1 Å². The Kier molecular flexibility index (Phi) is 4.40. The first-order valence-electron chi connectivity index (χ1n) is 7.11. The van der Waals surface area contributed by atoms with Gasteiger partial charge in [-0.15, -0.1) is 0 Å². The summed E-state index contributed by atoms with van der Waals surface area (Å²) >= 11 is 3.39. The molecule has 108 valence electrons. The van der Waals surface area contributed by atoms with Crippen LogP contribution in [0.25, 0.3) is 34.5 Å². The molecular formula is C20H16BrN. The van der Waals surface area contributed by atoms with E-state index in [0.29, 0.717) is 0 Å². The van der Waals surface area contributed by atoms with E-state index in [4.69, 9.17) is 0 Å². The van der Waals surface area contributed by atoms with Gasteiger partial charge in [0.2, 0.25) is 0 Å². The lowest BCUT2D eigenvalue weighted by Crippen LogP contribution is -1.83. The molecule has 0 spiro atoms. The van der Waals surface area contributed by atoms with E-state index in [1.54, 1.807) is 0 Å². The van der Waals surface area contributed by atoms with Crippen molar-refractivity contribution in [1.82, 2.24) is 4.98 Å². The molecule has 1 aromatic heterocycles. The van der Waals surface area contributed by atoms with Gasteiger partial charge in [0.25, 0.3) is 0 Å². The third-order valence-corrected chi connectivity index (χ3v) is 3.89. The minimum Gasteiger partial charge on any atom is -0.354 e. The maximum atomic E-state index is 3.94. The van der Waals surface area contributed by atoms with E-state index < -0.39 is 0 Å². The van der Waals surface area contributed by atoms with E-state index >= 15 is 0 Å². The highest BCUT2D eigenvalue weighted by Gasteiger charge is 2.16. The summed E-state index contributed by atoms with van der Waals surface area (Å²) in [4.78, 5) is 5.39. The van der Waals surface area contributed by atoms with E-state index in [2.05, 4.69) is 82.1 Å². The number of H-pyrrole nitrogens is 1. The average Bonchev–Trinajstić information content (AvgIpc) is 2.95. The van der Waals surface area contributed by atoms with Crippen LogP contribution in [0.5, 0.6) is 0 Å². The topological polar surface area (TPSA) is 15.8 Å². The van der Waals surface area contributed by atoms with E-state index in [1.165, 1.54) is 16.7 Å². The number of hydrogen-bond acceptors (Lipinski definition) is 0. The summed E-state index contributed by atoms with van der Waals surface area (Å²) in [5, 5.41) is 0. The average molecular weight is 350 g/mol. The number of aromatic nitrogens is 1. The number of nitrogens with one attached hydrogen (secondary N) is 1. The quantitative estimate of drug-likeness (QED) is 0.564. The predicted molar refractivity (Wildman–Crippen MR) is 99.7 cm³/mol. The molecule has 1 nitrogen and oxygen atoms in total. The predicted octanol–water partition coefficient (Wildman–Crippen LogP) is 6.36.